The van der Waals surface area contributed by atoms with Gasteiger partial charge in [-0.25, -0.2) is 13.2 Å². The Balaban J connectivity index is 1.90. The molecule has 0 saturated carbocycles. The number of aliphatic hydroxyl groups excluding tert-OH is 1. The lowest BCUT2D eigenvalue weighted by atomic mass is 10.1. The van der Waals surface area contributed by atoms with Gasteiger partial charge >= 0.3 is 6.03 Å². The Morgan fingerprint density at radius 3 is 2.00 bits per heavy atom. The lowest BCUT2D eigenvalue weighted by molar-refractivity contribution is -0.131. The van der Waals surface area contributed by atoms with Crippen molar-refractivity contribution in [1.29, 1.82) is 0 Å². The average molecular weight is 446 g/mol. The first-order valence-electron chi connectivity index (χ1n) is 9.90. The third-order valence-electron chi connectivity index (χ3n) is 5.15. The second kappa shape index (κ2) is 8.32. The number of anilines is 1. The third-order valence-corrected chi connectivity index (χ3v) is 6.95. The molecular weight excluding hydrogens is 418 g/mol. The number of hydrogen-bond donors (Lipinski definition) is 2. The quantitative estimate of drug-likeness (QED) is 0.636. The lowest BCUT2D eigenvalue weighted by Gasteiger charge is -2.28. The van der Waals surface area contributed by atoms with Crippen molar-refractivity contribution in [3.05, 3.63) is 59.7 Å². The number of imide groups is 1. The molecule has 3 amide bonds. The molecule has 1 aliphatic heterocycles. The van der Waals surface area contributed by atoms with Crippen LogP contribution in [0.25, 0.3) is 0 Å². The summed E-state index contributed by atoms with van der Waals surface area (Å²) in [5.41, 5.74) is 1.19. The van der Waals surface area contributed by atoms with Gasteiger partial charge in [-0.2, -0.15) is 0 Å². The summed E-state index contributed by atoms with van der Waals surface area (Å²) < 4.78 is 27.9. The van der Waals surface area contributed by atoms with Gasteiger partial charge in [-0.05, 0) is 52.0 Å². The van der Waals surface area contributed by atoms with Crippen LogP contribution in [0.2, 0.25) is 0 Å². The molecule has 0 unspecified atom stereocenters. The zero-order chi connectivity index (χ0) is 23.0. The minimum atomic E-state index is -3.99. The number of sulfonamides is 1. The van der Waals surface area contributed by atoms with E-state index in [1.165, 1.54) is 12.1 Å². The van der Waals surface area contributed by atoms with Crippen LogP contribution in [0.1, 0.15) is 25.0 Å². The Hall–Kier alpha value is -2.91. The molecule has 1 saturated heterocycles. The van der Waals surface area contributed by atoms with Crippen LogP contribution in [0.4, 0.5) is 10.5 Å². The molecule has 2 N–H and O–H groups in total. The maximum atomic E-state index is 13.4. The van der Waals surface area contributed by atoms with Crippen molar-refractivity contribution < 1.29 is 23.1 Å². The van der Waals surface area contributed by atoms with Crippen molar-refractivity contribution in [2.45, 2.75) is 44.2 Å². The molecule has 1 aliphatic rings. The van der Waals surface area contributed by atoms with E-state index in [1.807, 2.05) is 13.8 Å². The van der Waals surface area contributed by atoms with Crippen LogP contribution >= 0.6 is 0 Å². The molecule has 9 heteroatoms. The van der Waals surface area contributed by atoms with Gasteiger partial charge in [0.15, 0.2) is 0 Å². The van der Waals surface area contributed by atoms with Crippen LogP contribution in [-0.2, 0) is 14.8 Å². The molecule has 1 heterocycles. The summed E-state index contributed by atoms with van der Waals surface area (Å²) in [4.78, 5) is 25.5. The molecule has 0 bridgehead atoms. The first kappa shape index (κ1) is 22.8. The number of benzene rings is 2. The van der Waals surface area contributed by atoms with Gasteiger partial charge in [0, 0.05) is 0 Å². The van der Waals surface area contributed by atoms with Crippen molar-refractivity contribution >= 4 is 27.6 Å². The summed E-state index contributed by atoms with van der Waals surface area (Å²) in [6.07, 6.45) is -1.29. The van der Waals surface area contributed by atoms with Crippen LogP contribution in [0, 0.1) is 13.8 Å². The largest absolute Gasteiger partial charge is 0.389 e. The number of hydrogen-bond acceptors (Lipinski definition) is 5. The summed E-state index contributed by atoms with van der Waals surface area (Å²) in [5.74, 6) is -0.472. The summed E-state index contributed by atoms with van der Waals surface area (Å²) in [7, 11) is -3.99. The highest BCUT2D eigenvalue weighted by Crippen LogP contribution is 2.25. The van der Waals surface area contributed by atoms with Gasteiger partial charge in [0.2, 0.25) is 0 Å². The SMILES string of the molecule is Cc1ccc(N(C[C@H](O)CN2C(=O)NC(C)(C)C2=O)S(=O)(=O)c2ccc(C)cc2)cc1. The van der Waals surface area contributed by atoms with Crippen LogP contribution in [0.3, 0.4) is 0 Å². The Kier molecular flexibility index (Phi) is 6.11. The molecule has 1 atom stereocenters. The summed E-state index contributed by atoms with van der Waals surface area (Å²) in [6.45, 7) is 6.24. The van der Waals surface area contributed by atoms with Crippen molar-refractivity contribution in [2.75, 3.05) is 17.4 Å². The lowest BCUT2D eigenvalue weighted by Crippen LogP contribution is -2.45. The molecule has 31 heavy (non-hydrogen) atoms. The first-order chi connectivity index (χ1) is 14.4. The minimum Gasteiger partial charge on any atom is -0.389 e. The maximum absolute atomic E-state index is 13.4. The first-order valence-corrected chi connectivity index (χ1v) is 11.3. The highest BCUT2D eigenvalue weighted by molar-refractivity contribution is 7.92. The van der Waals surface area contributed by atoms with E-state index in [0.717, 1.165) is 20.3 Å². The molecule has 2 aromatic rings. The van der Waals surface area contributed by atoms with E-state index in [0.29, 0.717) is 5.69 Å². The number of urea groups is 1. The maximum Gasteiger partial charge on any atom is 0.325 e. The molecule has 1 fully saturated rings. The second-order valence-corrected chi connectivity index (χ2v) is 10.2. The Bertz CT molecular complexity index is 1080. The minimum absolute atomic E-state index is 0.0852. The number of aryl methyl sites for hydroxylation is 2. The van der Waals surface area contributed by atoms with Crippen LogP contribution in [0.5, 0.6) is 0 Å². The number of β-amino-alcohol motifs (C(OH)–C–C–N with tert-alkyl or cyclic N) is 1. The number of rotatable bonds is 7. The van der Waals surface area contributed by atoms with Crippen molar-refractivity contribution in [2.24, 2.45) is 0 Å². The fourth-order valence-corrected chi connectivity index (χ4v) is 4.84. The smallest absolute Gasteiger partial charge is 0.325 e. The summed E-state index contributed by atoms with van der Waals surface area (Å²) in [6, 6.07) is 12.7. The van der Waals surface area contributed by atoms with E-state index in [2.05, 4.69) is 5.32 Å². The topological polar surface area (TPSA) is 107 Å². The number of carbonyl (C=O) groups is 2. The van der Waals surface area contributed by atoms with Crippen LogP contribution in [0.15, 0.2) is 53.4 Å². The van der Waals surface area contributed by atoms with E-state index in [1.54, 1.807) is 50.2 Å². The van der Waals surface area contributed by atoms with E-state index in [4.69, 9.17) is 0 Å². The summed E-state index contributed by atoms with van der Waals surface area (Å²) in [5, 5.41) is 13.2. The third kappa shape index (κ3) is 4.72. The predicted octanol–water partition coefficient (Wildman–Crippen LogP) is 2.19. The van der Waals surface area contributed by atoms with E-state index in [9.17, 15) is 23.1 Å². The Labute approximate surface area is 182 Å². The molecule has 0 aromatic heterocycles. The number of amides is 3. The van der Waals surface area contributed by atoms with E-state index >= 15 is 0 Å². The average Bonchev–Trinajstić information content (AvgIpc) is 2.89. The Morgan fingerprint density at radius 2 is 1.52 bits per heavy atom. The van der Waals surface area contributed by atoms with Gasteiger partial charge in [0.25, 0.3) is 15.9 Å². The van der Waals surface area contributed by atoms with Crippen LogP contribution in [-0.4, -0.2) is 55.1 Å². The predicted molar refractivity (Wildman–Crippen MR) is 117 cm³/mol. The highest BCUT2D eigenvalue weighted by atomic mass is 32.2. The van der Waals surface area contributed by atoms with E-state index < -0.39 is 33.6 Å². The van der Waals surface area contributed by atoms with Gasteiger partial charge < -0.3 is 10.4 Å². The van der Waals surface area contributed by atoms with Gasteiger partial charge in [0.1, 0.15) is 5.54 Å². The highest BCUT2D eigenvalue weighted by Gasteiger charge is 2.45. The molecule has 2 aromatic carbocycles. The zero-order valence-electron chi connectivity index (χ0n) is 18.0. The molecule has 3 rings (SSSR count). The van der Waals surface area contributed by atoms with Crippen molar-refractivity contribution in [1.82, 2.24) is 10.2 Å². The molecule has 0 spiro atoms. The van der Waals surface area contributed by atoms with E-state index in [-0.39, 0.29) is 18.0 Å². The number of nitrogens with zero attached hydrogens (tertiary/aromatic N) is 2. The monoisotopic (exact) mass is 445 g/mol. The normalized spacial score (nSPS) is 16.9. The molecule has 166 valence electrons. The fraction of sp³-hybridized carbons (Fsp3) is 0.364. The Morgan fingerprint density at radius 1 is 1.00 bits per heavy atom. The van der Waals surface area contributed by atoms with Crippen LogP contribution < -0.4 is 9.62 Å². The zero-order valence-corrected chi connectivity index (χ0v) is 18.8. The number of carbonyl (C=O) groups excluding carboxylic acids is 2. The molecule has 8 nitrogen and oxygen atoms in total. The van der Waals surface area contributed by atoms with Gasteiger partial charge in [-0.1, -0.05) is 35.4 Å². The molecular formula is C22H27N3O5S. The van der Waals surface area contributed by atoms with Gasteiger partial charge in [-0.3, -0.25) is 14.0 Å². The van der Waals surface area contributed by atoms with Crippen molar-refractivity contribution in [3.8, 4) is 0 Å². The van der Waals surface area contributed by atoms with Gasteiger partial charge in [0.05, 0.1) is 29.8 Å². The fourth-order valence-electron chi connectivity index (χ4n) is 3.33. The standard InChI is InChI=1S/C22H27N3O5S/c1-15-5-9-17(10-6-15)25(31(29,30)19-11-7-16(2)8-12-19)14-18(26)13-24-20(27)22(3,4)23-21(24)28/h5-12,18,26H,13-14H2,1-4H3,(H,23,28)/t18-/m1/s1. The number of nitrogens with one attached hydrogen (secondary N) is 1. The summed E-state index contributed by atoms with van der Waals surface area (Å²) >= 11 is 0. The molecule has 0 aliphatic carbocycles. The molecule has 0 radical (unpaired) electrons. The second-order valence-electron chi connectivity index (χ2n) is 8.31. The van der Waals surface area contributed by atoms with Gasteiger partial charge in [-0.15, -0.1) is 0 Å². The number of aliphatic hydroxyl groups is 1. The van der Waals surface area contributed by atoms with Crippen molar-refractivity contribution in [3.63, 3.8) is 0 Å².